The van der Waals surface area contributed by atoms with E-state index in [1.54, 1.807) is 0 Å². The fourth-order valence-electron chi connectivity index (χ4n) is 3.21. The molecule has 0 saturated heterocycles. The van der Waals surface area contributed by atoms with Crippen molar-refractivity contribution in [2.24, 2.45) is 11.8 Å². The molecule has 0 aromatic heterocycles. The number of rotatable bonds is 7. The molecule has 2 aliphatic carbocycles. The van der Waals surface area contributed by atoms with Crippen molar-refractivity contribution in [3.05, 3.63) is 47.2 Å². The van der Waals surface area contributed by atoms with E-state index in [1.165, 1.54) is 12.8 Å². The number of carbonyl (C=O) groups excluding carboxylic acids is 1. The molecule has 4 rings (SSSR count). The molecule has 3 aliphatic rings. The van der Waals surface area contributed by atoms with Gasteiger partial charge in [-0.05, 0) is 54.7 Å². The first kappa shape index (κ1) is 16.6. The van der Waals surface area contributed by atoms with E-state index in [4.69, 9.17) is 14.6 Å². The zero-order valence-electron chi connectivity index (χ0n) is 14.3. The Morgan fingerprint density at radius 1 is 1.16 bits per heavy atom. The minimum atomic E-state index is -0.381. The highest BCUT2D eigenvalue weighted by atomic mass is 16.7. The molecule has 2 atom stereocenters. The summed E-state index contributed by atoms with van der Waals surface area (Å²) >= 11 is 0. The van der Waals surface area contributed by atoms with E-state index in [9.17, 15) is 4.79 Å². The number of ether oxygens (including phenoxy) is 2. The fourth-order valence-corrected chi connectivity index (χ4v) is 3.21. The van der Waals surface area contributed by atoms with Crippen LogP contribution in [-0.4, -0.2) is 23.3 Å². The van der Waals surface area contributed by atoms with E-state index in [2.05, 4.69) is 5.32 Å². The van der Waals surface area contributed by atoms with Crippen LogP contribution in [0.15, 0.2) is 36.1 Å². The van der Waals surface area contributed by atoms with Gasteiger partial charge in [-0.15, -0.1) is 0 Å². The first-order valence-electron chi connectivity index (χ1n) is 9.21. The van der Waals surface area contributed by atoms with Gasteiger partial charge < -0.3 is 19.9 Å². The van der Waals surface area contributed by atoms with Gasteiger partial charge >= 0.3 is 0 Å². The summed E-state index contributed by atoms with van der Waals surface area (Å²) in [6.07, 6.45) is 7.02. The number of hydrogen-bond acceptors (Lipinski definition) is 4. The molecule has 0 unspecified atom stereocenters. The summed E-state index contributed by atoms with van der Waals surface area (Å²) in [4.78, 5) is 12.3. The Labute approximate surface area is 148 Å². The quantitative estimate of drug-likeness (QED) is 0.799. The topological polar surface area (TPSA) is 67.8 Å². The van der Waals surface area contributed by atoms with Crippen LogP contribution in [0, 0.1) is 11.8 Å². The Morgan fingerprint density at radius 3 is 2.52 bits per heavy atom. The van der Waals surface area contributed by atoms with Gasteiger partial charge in [0.1, 0.15) is 0 Å². The molecule has 5 heteroatoms. The van der Waals surface area contributed by atoms with Crippen LogP contribution < -0.4 is 5.32 Å². The van der Waals surface area contributed by atoms with E-state index >= 15 is 0 Å². The molecule has 1 aromatic rings. The second-order valence-corrected chi connectivity index (χ2v) is 7.35. The lowest BCUT2D eigenvalue weighted by Gasteiger charge is -2.29. The molecule has 2 saturated carbocycles. The van der Waals surface area contributed by atoms with Gasteiger partial charge in [0.2, 0.25) is 6.29 Å². The number of allylic oxidation sites excluding steroid dienone is 1. The molecule has 0 spiro atoms. The highest BCUT2D eigenvalue weighted by Crippen LogP contribution is 2.43. The van der Waals surface area contributed by atoms with Crippen molar-refractivity contribution in [3.8, 4) is 0 Å². The highest BCUT2D eigenvalue weighted by molar-refractivity contribution is 5.92. The van der Waals surface area contributed by atoms with Gasteiger partial charge in [0, 0.05) is 12.5 Å². The second-order valence-electron chi connectivity index (χ2n) is 7.35. The summed E-state index contributed by atoms with van der Waals surface area (Å²) in [6, 6.07) is 8.00. The van der Waals surface area contributed by atoms with Gasteiger partial charge in [-0.2, -0.15) is 0 Å². The highest BCUT2D eigenvalue weighted by Gasteiger charge is 2.37. The Bertz CT molecular complexity index is 646. The lowest BCUT2D eigenvalue weighted by Crippen LogP contribution is -2.34. The van der Waals surface area contributed by atoms with E-state index < -0.39 is 0 Å². The van der Waals surface area contributed by atoms with Crippen LogP contribution in [0.5, 0.6) is 0 Å². The summed E-state index contributed by atoms with van der Waals surface area (Å²) in [7, 11) is 0. The van der Waals surface area contributed by atoms with E-state index in [-0.39, 0.29) is 18.8 Å². The molecule has 1 amide bonds. The largest absolute Gasteiger partial charge is 0.459 e. The molecule has 1 aliphatic heterocycles. The van der Waals surface area contributed by atoms with Crippen LogP contribution in [0.25, 0.3) is 0 Å². The Kier molecular flexibility index (Phi) is 4.77. The smallest absolute Gasteiger partial charge is 0.286 e. The average molecular weight is 343 g/mol. The van der Waals surface area contributed by atoms with Crippen LogP contribution in [0.1, 0.15) is 43.2 Å². The Morgan fingerprint density at radius 2 is 1.88 bits per heavy atom. The molecule has 2 N–H and O–H groups in total. The van der Waals surface area contributed by atoms with E-state index in [1.807, 2.05) is 30.3 Å². The molecule has 0 radical (unpaired) electrons. The number of nitrogens with one attached hydrogen (secondary N) is 1. The molecule has 1 aromatic carbocycles. The van der Waals surface area contributed by atoms with Crippen molar-refractivity contribution in [1.82, 2.24) is 5.32 Å². The average Bonchev–Trinajstić information content (AvgIpc) is 3.54. The number of amides is 1. The normalized spacial score (nSPS) is 25.9. The van der Waals surface area contributed by atoms with Crippen molar-refractivity contribution in [2.75, 3.05) is 0 Å². The van der Waals surface area contributed by atoms with Crippen molar-refractivity contribution in [1.29, 1.82) is 0 Å². The molecule has 1 heterocycles. The van der Waals surface area contributed by atoms with Crippen molar-refractivity contribution < 1.29 is 19.4 Å². The maximum absolute atomic E-state index is 12.3. The number of hydrogen-bond donors (Lipinski definition) is 2. The zero-order chi connectivity index (χ0) is 17.2. The number of aliphatic hydroxyl groups excluding tert-OH is 1. The van der Waals surface area contributed by atoms with E-state index in [0.29, 0.717) is 30.2 Å². The SMILES string of the molecule is O=C(NC1CC1)C1=C[C@@H](C2CC2)C[C@@H](OCc2ccc(CO)cc2)O1. The third kappa shape index (κ3) is 4.41. The predicted molar refractivity (Wildman–Crippen MR) is 92.1 cm³/mol. The summed E-state index contributed by atoms with van der Waals surface area (Å²) in [5, 5.41) is 12.1. The van der Waals surface area contributed by atoms with Crippen LogP contribution >= 0.6 is 0 Å². The predicted octanol–water partition coefficient (Wildman–Crippen LogP) is 2.63. The second kappa shape index (κ2) is 7.18. The van der Waals surface area contributed by atoms with Gasteiger partial charge in [-0.25, -0.2) is 0 Å². The molecule has 2 fully saturated rings. The third-order valence-electron chi connectivity index (χ3n) is 5.09. The molecule has 25 heavy (non-hydrogen) atoms. The lowest BCUT2D eigenvalue weighted by molar-refractivity contribution is -0.154. The minimum Gasteiger partial charge on any atom is -0.459 e. The van der Waals surface area contributed by atoms with Crippen molar-refractivity contribution >= 4 is 5.91 Å². The number of benzene rings is 1. The first-order valence-corrected chi connectivity index (χ1v) is 9.21. The van der Waals surface area contributed by atoms with E-state index in [0.717, 1.165) is 30.4 Å². The summed E-state index contributed by atoms with van der Waals surface area (Å²) in [5.41, 5.74) is 1.91. The monoisotopic (exact) mass is 343 g/mol. The Hall–Kier alpha value is -1.85. The van der Waals surface area contributed by atoms with Crippen LogP contribution in [0.2, 0.25) is 0 Å². The van der Waals surface area contributed by atoms with Crippen LogP contribution in [-0.2, 0) is 27.5 Å². The van der Waals surface area contributed by atoms with Gasteiger partial charge in [-0.3, -0.25) is 4.79 Å². The number of aliphatic hydroxyl groups is 1. The van der Waals surface area contributed by atoms with Crippen LogP contribution in [0.4, 0.5) is 0 Å². The molecular formula is C20H25NO4. The summed E-state index contributed by atoms with van der Waals surface area (Å²) < 4.78 is 11.8. The fraction of sp³-hybridized carbons (Fsp3) is 0.550. The standard InChI is InChI=1S/C20H25NO4/c22-11-13-1-3-14(4-2-13)12-24-19-10-16(15-5-6-15)9-18(25-19)20(23)21-17-7-8-17/h1-4,9,15-17,19,22H,5-8,10-12H2,(H,21,23)/t16-,19+/m1/s1. The molecular weight excluding hydrogens is 318 g/mol. The first-order chi connectivity index (χ1) is 12.2. The Balaban J connectivity index is 1.37. The maximum atomic E-state index is 12.3. The summed E-state index contributed by atoms with van der Waals surface area (Å²) in [5.74, 6) is 1.36. The van der Waals surface area contributed by atoms with Crippen LogP contribution in [0.3, 0.4) is 0 Å². The maximum Gasteiger partial charge on any atom is 0.286 e. The van der Waals surface area contributed by atoms with Crippen molar-refractivity contribution in [2.45, 2.75) is 57.6 Å². The van der Waals surface area contributed by atoms with Gasteiger partial charge in [0.05, 0.1) is 13.2 Å². The molecule has 5 nitrogen and oxygen atoms in total. The minimum absolute atomic E-state index is 0.0419. The van der Waals surface area contributed by atoms with Gasteiger partial charge in [0.25, 0.3) is 5.91 Å². The van der Waals surface area contributed by atoms with Gasteiger partial charge in [0.15, 0.2) is 5.76 Å². The lowest BCUT2D eigenvalue weighted by atomic mass is 9.96. The van der Waals surface area contributed by atoms with Crippen molar-refractivity contribution in [3.63, 3.8) is 0 Å². The van der Waals surface area contributed by atoms with Gasteiger partial charge in [-0.1, -0.05) is 24.3 Å². The molecule has 0 bridgehead atoms. The number of carbonyl (C=O) groups is 1. The molecule has 134 valence electrons. The third-order valence-corrected chi connectivity index (χ3v) is 5.09. The zero-order valence-corrected chi connectivity index (χ0v) is 14.3. The summed E-state index contributed by atoms with van der Waals surface area (Å²) in [6.45, 7) is 0.478.